The number of nitrogens with two attached hydrogens (primary N) is 1. The molecule has 0 aliphatic rings. The average molecular weight is 336 g/mol. The Bertz CT molecular complexity index is 1210. The largest absolute Gasteiger partial charge is 0.316 e. The Morgan fingerprint density at radius 2 is 1.70 bits per heavy atom. The van der Waals surface area contributed by atoms with Crippen LogP contribution in [0.15, 0.2) is 38.8 Å². The zero-order valence-corrected chi connectivity index (χ0v) is 12.0. The van der Waals surface area contributed by atoms with E-state index in [1.807, 2.05) is 0 Å². The minimum Gasteiger partial charge on any atom is -0.316 e. The third-order valence-electron chi connectivity index (χ3n) is 3.30. The lowest BCUT2D eigenvalue weighted by molar-refractivity contribution is -0.382. The number of benzene rings is 2. The number of nitrogens with one attached hydrogen (secondary N) is 2. The van der Waals surface area contributed by atoms with Crippen LogP contribution in [0.5, 0.6) is 0 Å². The minimum atomic E-state index is -4.05. The highest BCUT2D eigenvalue weighted by molar-refractivity contribution is 7.89. The normalized spacial score (nSPS) is 11.9. The third kappa shape index (κ3) is 2.37. The standard InChI is InChI=1S/C12H8N4O6S/c13-23(21,22)5-1-2-6-7(3-5)10-8(4-9(6)16(19)20)14-11(17)12(18)15-10/h1-4H,(H,14,17)(H,15,18)(H2,13,21,22). The maximum atomic E-state index is 11.5. The average Bonchev–Trinajstić information content (AvgIpc) is 2.46. The van der Waals surface area contributed by atoms with E-state index in [-0.39, 0.29) is 32.4 Å². The molecule has 23 heavy (non-hydrogen) atoms. The Balaban J connectivity index is 2.62. The molecule has 0 amide bonds. The maximum absolute atomic E-state index is 11.5. The van der Waals surface area contributed by atoms with Crippen molar-refractivity contribution in [3.05, 3.63) is 55.1 Å². The van der Waals surface area contributed by atoms with Crippen LogP contribution >= 0.6 is 0 Å². The van der Waals surface area contributed by atoms with Gasteiger partial charge in [-0.2, -0.15) is 0 Å². The molecule has 1 aromatic heterocycles. The molecule has 118 valence electrons. The topological polar surface area (TPSA) is 169 Å². The van der Waals surface area contributed by atoms with E-state index in [1.165, 1.54) is 6.07 Å². The highest BCUT2D eigenvalue weighted by Gasteiger charge is 2.19. The molecule has 10 nitrogen and oxygen atoms in total. The number of primary sulfonamides is 1. The van der Waals surface area contributed by atoms with Gasteiger partial charge in [0.05, 0.1) is 26.2 Å². The first-order chi connectivity index (χ1) is 10.7. The number of nitro benzene ring substituents is 1. The molecular formula is C12H8N4O6S. The first-order valence-corrected chi connectivity index (χ1v) is 7.63. The highest BCUT2D eigenvalue weighted by Crippen LogP contribution is 2.32. The van der Waals surface area contributed by atoms with Crippen LogP contribution < -0.4 is 16.3 Å². The van der Waals surface area contributed by atoms with Crippen molar-refractivity contribution in [2.45, 2.75) is 4.90 Å². The Hall–Kier alpha value is -3.05. The Morgan fingerprint density at radius 3 is 2.30 bits per heavy atom. The van der Waals surface area contributed by atoms with Crippen molar-refractivity contribution in [1.29, 1.82) is 0 Å². The van der Waals surface area contributed by atoms with Crippen molar-refractivity contribution in [2.24, 2.45) is 5.14 Å². The molecule has 0 bridgehead atoms. The van der Waals surface area contributed by atoms with Gasteiger partial charge in [-0.25, -0.2) is 13.6 Å². The zero-order valence-electron chi connectivity index (χ0n) is 11.2. The number of nitro groups is 1. The molecule has 2 aromatic carbocycles. The fourth-order valence-corrected chi connectivity index (χ4v) is 2.84. The van der Waals surface area contributed by atoms with E-state index in [0.717, 1.165) is 18.2 Å². The number of H-pyrrole nitrogens is 2. The van der Waals surface area contributed by atoms with Crippen molar-refractivity contribution in [3.63, 3.8) is 0 Å². The number of hydrogen-bond donors (Lipinski definition) is 3. The molecule has 0 spiro atoms. The number of sulfonamides is 1. The van der Waals surface area contributed by atoms with Crippen molar-refractivity contribution < 1.29 is 13.3 Å². The van der Waals surface area contributed by atoms with Gasteiger partial charge in [0.15, 0.2) is 0 Å². The van der Waals surface area contributed by atoms with Crippen LogP contribution in [0.1, 0.15) is 0 Å². The summed E-state index contributed by atoms with van der Waals surface area (Å²) in [4.78, 5) is 37.6. The smallest absolute Gasteiger partial charge is 0.314 e. The van der Waals surface area contributed by atoms with Gasteiger partial charge in [-0.15, -0.1) is 0 Å². The highest BCUT2D eigenvalue weighted by atomic mass is 32.2. The van der Waals surface area contributed by atoms with E-state index >= 15 is 0 Å². The lowest BCUT2D eigenvalue weighted by atomic mass is 10.1. The molecular weight excluding hydrogens is 328 g/mol. The van der Waals surface area contributed by atoms with Crippen molar-refractivity contribution in [1.82, 2.24) is 9.97 Å². The number of nitrogens with zero attached hydrogens (tertiary/aromatic N) is 1. The summed E-state index contributed by atoms with van der Waals surface area (Å²) >= 11 is 0. The van der Waals surface area contributed by atoms with Gasteiger partial charge in [0.2, 0.25) is 10.0 Å². The first kappa shape index (κ1) is 14.9. The van der Waals surface area contributed by atoms with E-state index in [4.69, 9.17) is 5.14 Å². The van der Waals surface area contributed by atoms with E-state index in [1.54, 1.807) is 0 Å². The molecule has 0 aliphatic carbocycles. The van der Waals surface area contributed by atoms with Gasteiger partial charge in [-0.3, -0.25) is 19.7 Å². The van der Waals surface area contributed by atoms with E-state index < -0.39 is 26.1 Å². The molecule has 3 aromatic rings. The lowest BCUT2D eigenvalue weighted by Crippen LogP contribution is -2.29. The number of rotatable bonds is 2. The number of aromatic nitrogens is 2. The van der Waals surface area contributed by atoms with Crippen LogP contribution in [0.2, 0.25) is 0 Å². The Kier molecular flexibility index (Phi) is 3.05. The first-order valence-electron chi connectivity index (χ1n) is 6.09. The summed E-state index contributed by atoms with van der Waals surface area (Å²) in [7, 11) is -4.05. The van der Waals surface area contributed by atoms with Crippen molar-refractivity contribution >= 4 is 37.5 Å². The molecule has 0 saturated carbocycles. The summed E-state index contributed by atoms with van der Waals surface area (Å²) < 4.78 is 22.9. The summed E-state index contributed by atoms with van der Waals surface area (Å²) in [5, 5.41) is 16.4. The SMILES string of the molecule is NS(=O)(=O)c1ccc2c([N+](=O)[O-])cc3[nH]c(=O)c(=O)[nH]c3c2c1. The number of hydrogen-bond acceptors (Lipinski definition) is 6. The van der Waals surface area contributed by atoms with E-state index in [0.29, 0.717) is 0 Å². The van der Waals surface area contributed by atoms with Crippen molar-refractivity contribution in [2.75, 3.05) is 0 Å². The van der Waals surface area contributed by atoms with Crippen LogP contribution in [0.25, 0.3) is 21.8 Å². The summed E-state index contributed by atoms with van der Waals surface area (Å²) in [5.41, 5.74) is -2.22. The van der Waals surface area contributed by atoms with E-state index in [9.17, 15) is 28.1 Å². The molecule has 0 saturated heterocycles. The molecule has 0 radical (unpaired) electrons. The molecule has 0 unspecified atom stereocenters. The predicted octanol–water partition coefficient (Wildman–Crippen LogP) is -0.0748. The third-order valence-corrected chi connectivity index (χ3v) is 4.22. The van der Waals surface area contributed by atoms with Gasteiger partial charge in [0, 0.05) is 11.5 Å². The summed E-state index contributed by atoms with van der Waals surface area (Å²) in [5.74, 6) is 0. The molecule has 0 fully saturated rings. The summed E-state index contributed by atoms with van der Waals surface area (Å²) in [6.45, 7) is 0. The Morgan fingerprint density at radius 1 is 1.04 bits per heavy atom. The second-order valence-corrected chi connectivity index (χ2v) is 6.30. The van der Waals surface area contributed by atoms with Gasteiger partial charge in [0.25, 0.3) is 5.69 Å². The molecule has 4 N–H and O–H groups in total. The van der Waals surface area contributed by atoms with Gasteiger partial charge in [-0.1, -0.05) is 0 Å². The lowest BCUT2D eigenvalue weighted by Gasteiger charge is -2.06. The molecule has 3 rings (SSSR count). The van der Waals surface area contributed by atoms with Crippen LogP contribution in [-0.4, -0.2) is 23.3 Å². The van der Waals surface area contributed by atoms with Gasteiger partial charge >= 0.3 is 11.1 Å². The molecule has 11 heteroatoms. The van der Waals surface area contributed by atoms with Crippen LogP contribution in [0.3, 0.4) is 0 Å². The summed E-state index contributed by atoms with van der Waals surface area (Å²) in [6.07, 6.45) is 0. The van der Waals surface area contributed by atoms with Crippen LogP contribution in [0, 0.1) is 10.1 Å². The molecule has 0 aliphatic heterocycles. The number of aromatic amines is 2. The van der Waals surface area contributed by atoms with Crippen LogP contribution in [0.4, 0.5) is 5.69 Å². The van der Waals surface area contributed by atoms with Gasteiger partial charge in [0.1, 0.15) is 0 Å². The number of fused-ring (bicyclic) bond motifs is 3. The molecule has 0 atom stereocenters. The minimum absolute atomic E-state index is 0.000342. The quantitative estimate of drug-likeness (QED) is 0.256. The second kappa shape index (κ2) is 4.72. The van der Waals surface area contributed by atoms with Crippen molar-refractivity contribution in [3.8, 4) is 0 Å². The fraction of sp³-hybridized carbons (Fsp3) is 0. The summed E-state index contributed by atoms with van der Waals surface area (Å²) in [6, 6.07) is 4.54. The molecule has 1 heterocycles. The zero-order chi connectivity index (χ0) is 16.9. The Labute approximate surface area is 126 Å². The second-order valence-electron chi connectivity index (χ2n) is 4.74. The fourth-order valence-electron chi connectivity index (χ4n) is 2.30. The van der Waals surface area contributed by atoms with Gasteiger partial charge < -0.3 is 9.97 Å². The number of non-ortho nitro benzene ring substituents is 1. The monoisotopic (exact) mass is 336 g/mol. The maximum Gasteiger partial charge on any atom is 0.314 e. The van der Waals surface area contributed by atoms with Crippen LogP contribution in [-0.2, 0) is 10.0 Å². The van der Waals surface area contributed by atoms with E-state index in [2.05, 4.69) is 9.97 Å². The van der Waals surface area contributed by atoms with Gasteiger partial charge in [-0.05, 0) is 18.2 Å². The predicted molar refractivity (Wildman–Crippen MR) is 80.7 cm³/mol.